The van der Waals surface area contributed by atoms with E-state index in [1.165, 1.54) is 24.5 Å². The first-order chi connectivity index (χ1) is 23.1. The van der Waals surface area contributed by atoms with E-state index < -0.39 is 57.8 Å². The van der Waals surface area contributed by atoms with Crippen molar-refractivity contribution < 1.29 is 32.4 Å². The van der Waals surface area contributed by atoms with E-state index in [1.54, 1.807) is 23.3 Å². The van der Waals surface area contributed by atoms with Gasteiger partial charge < -0.3 is 26.2 Å². The SMILES string of the molecule is C=C(C)[C@@H](CN(C)S(=O)(=O)c1cccs1)NC(=O)N[C@H](C(=O)N1C[C@H]2[C@@H]([C@H]1C(=O)NC(CCC)C(=O)C(=O)NC)C2(C)C)C1CCCCC1. The molecule has 1 unspecified atom stereocenters. The van der Waals surface area contributed by atoms with Gasteiger partial charge in [-0.25, -0.2) is 13.2 Å². The minimum Gasteiger partial charge on any atom is -0.353 e. The summed E-state index contributed by atoms with van der Waals surface area (Å²) in [5.41, 5.74) is 0.342. The molecule has 2 saturated carbocycles. The molecule has 2 heterocycles. The van der Waals surface area contributed by atoms with Gasteiger partial charge in [-0.1, -0.05) is 64.7 Å². The molecule has 1 aromatic rings. The number of Topliss-reactive ketones (excluding diaryl/α,β-unsaturated/α-hetero) is 1. The van der Waals surface area contributed by atoms with Gasteiger partial charge in [0.1, 0.15) is 16.3 Å². The highest BCUT2D eigenvalue weighted by atomic mass is 32.2. The highest BCUT2D eigenvalue weighted by molar-refractivity contribution is 7.91. The molecule has 13 nitrogen and oxygen atoms in total. The number of sulfonamides is 1. The summed E-state index contributed by atoms with van der Waals surface area (Å²) in [6.45, 7) is 11.9. The number of urea groups is 1. The van der Waals surface area contributed by atoms with Gasteiger partial charge in [0.25, 0.3) is 15.9 Å². The Kier molecular flexibility index (Phi) is 12.3. The third-order valence-electron chi connectivity index (χ3n) is 10.6. The minimum absolute atomic E-state index is 0.0639. The van der Waals surface area contributed by atoms with Gasteiger partial charge in [0.05, 0.1) is 12.1 Å². The third-order valence-corrected chi connectivity index (χ3v) is 13.8. The van der Waals surface area contributed by atoms with Crippen LogP contribution < -0.4 is 21.3 Å². The number of nitrogens with zero attached hydrogens (tertiary/aromatic N) is 2. The average molecular weight is 721 g/mol. The fourth-order valence-corrected chi connectivity index (χ4v) is 9.91. The molecule has 3 fully saturated rings. The quantitative estimate of drug-likeness (QED) is 0.159. The summed E-state index contributed by atoms with van der Waals surface area (Å²) in [4.78, 5) is 68.6. The highest BCUT2D eigenvalue weighted by Gasteiger charge is 2.69. The molecule has 272 valence electrons. The Morgan fingerprint density at radius 1 is 1.08 bits per heavy atom. The zero-order valence-corrected chi connectivity index (χ0v) is 31.0. The lowest BCUT2D eigenvalue weighted by molar-refractivity contribution is -0.144. The van der Waals surface area contributed by atoms with Crippen LogP contribution in [0.4, 0.5) is 4.79 Å². The van der Waals surface area contributed by atoms with Crippen LogP contribution in [-0.2, 0) is 29.2 Å². The standard InChI is InChI=1S/C34H52N6O7S2/c1-8-13-23(29(41)31(43)35-6)36-30(42)28-26-22(34(26,4)5)18-40(28)32(44)27(21-14-10-9-11-15-21)38-33(45)37-24(20(2)3)19-39(7)49(46,47)25-16-12-17-48-25/h12,16-17,21-24,26-28H,2,8-11,13-15,18-19H2,1,3-7H3,(H,35,43)(H,36,42)(H2,37,38,45)/t22-,23?,24+,26-,27-,28-/m0/s1. The number of thiophene rings is 1. The molecule has 6 atom stereocenters. The Bertz CT molecular complexity index is 1520. The van der Waals surface area contributed by atoms with Gasteiger partial charge in [-0.2, -0.15) is 4.31 Å². The van der Waals surface area contributed by atoms with Crippen LogP contribution in [-0.4, -0.2) is 98.5 Å². The van der Waals surface area contributed by atoms with Crippen molar-refractivity contribution in [2.45, 2.75) is 101 Å². The molecule has 0 bridgehead atoms. The first-order valence-corrected chi connectivity index (χ1v) is 19.5. The van der Waals surface area contributed by atoms with E-state index in [1.807, 2.05) is 6.92 Å². The van der Waals surface area contributed by atoms with Gasteiger partial charge in [-0.15, -0.1) is 11.3 Å². The number of fused-ring (bicyclic) bond motifs is 1. The van der Waals surface area contributed by atoms with Gasteiger partial charge >= 0.3 is 6.03 Å². The Hall–Kier alpha value is -3.30. The summed E-state index contributed by atoms with van der Waals surface area (Å²) in [5, 5.41) is 12.5. The maximum atomic E-state index is 14.5. The molecule has 49 heavy (non-hydrogen) atoms. The molecule has 0 aromatic carbocycles. The Labute approximate surface area is 294 Å². The first kappa shape index (κ1) is 38.5. The summed E-state index contributed by atoms with van der Waals surface area (Å²) in [6, 6.07) is -1.00. The van der Waals surface area contributed by atoms with Crippen molar-refractivity contribution in [3.63, 3.8) is 0 Å². The lowest BCUT2D eigenvalue weighted by Crippen LogP contribution is -2.61. The minimum atomic E-state index is -3.78. The van der Waals surface area contributed by atoms with E-state index in [0.717, 1.165) is 43.4 Å². The van der Waals surface area contributed by atoms with Crippen LogP contribution in [0.5, 0.6) is 0 Å². The largest absolute Gasteiger partial charge is 0.353 e. The molecule has 1 aromatic heterocycles. The lowest BCUT2D eigenvalue weighted by atomic mass is 9.83. The maximum absolute atomic E-state index is 14.5. The monoisotopic (exact) mass is 720 g/mol. The number of nitrogens with one attached hydrogen (secondary N) is 4. The number of likely N-dealkylation sites (tertiary alicyclic amines) is 1. The van der Waals surface area contributed by atoms with Gasteiger partial charge in [0.2, 0.25) is 17.6 Å². The molecule has 1 aliphatic heterocycles. The van der Waals surface area contributed by atoms with Crippen molar-refractivity contribution in [2.24, 2.45) is 23.2 Å². The zero-order chi connectivity index (χ0) is 36.3. The van der Waals surface area contributed by atoms with Crippen molar-refractivity contribution in [3.05, 3.63) is 29.7 Å². The second-order valence-electron chi connectivity index (χ2n) is 14.3. The molecule has 0 spiro atoms. The molecule has 0 radical (unpaired) electrons. The molecule has 3 aliphatic rings. The number of hydrogen-bond donors (Lipinski definition) is 4. The van der Waals surface area contributed by atoms with Gasteiger partial charge in [-0.05, 0) is 60.8 Å². The van der Waals surface area contributed by atoms with Crippen LogP contribution in [0.2, 0.25) is 0 Å². The predicted octanol–water partition coefficient (Wildman–Crippen LogP) is 2.64. The fourth-order valence-electron chi connectivity index (χ4n) is 7.52. The van der Waals surface area contributed by atoms with E-state index in [-0.39, 0.29) is 46.3 Å². The van der Waals surface area contributed by atoms with Gasteiger partial charge in [-0.3, -0.25) is 19.2 Å². The van der Waals surface area contributed by atoms with Crippen LogP contribution in [0, 0.1) is 23.2 Å². The van der Waals surface area contributed by atoms with Crippen LogP contribution in [0.1, 0.15) is 72.6 Å². The fraction of sp³-hybridized carbons (Fsp3) is 0.676. The summed E-state index contributed by atoms with van der Waals surface area (Å²) in [5.74, 6) is -2.60. The van der Waals surface area contributed by atoms with Crippen molar-refractivity contribution in [1.82, 2.24) is 30.5 Å². The van der Waals surface area contributed by atoms with E-state index in [9.17, 15) is 32.4 Å². The van der Waals surface area contributed by atoms with Crippen molar-refractivity contribution >= 4 is 50.9 Å². The van der Waals surface area contributed by atoms with Crippen molar-refractivity contribution in [3.8, 4) is 0 Å². The number of hydrogen-bond acceptors (Lipinski definition) is 8. The summed E-state index contributed by atoms with van der Waals surface area (Å²) in [6.07, 6.45) is 5.12. The Balaban J connectivity index is 1.54. The second kappa shape index (κ2) is 15.7. The second-order valence-corrected chi connectivity index (χ2v) is 17.5. The molecule has 1 saturated heterocycles. The van der Waals surface area contributed by atoms with Crippen LogP contribution in [0.3, 0.4) is 0 Å². The van der Waals surface area contributed by atoms with E-state index in [2.05, 4.69) is 41.7 Å². The van der Waals surface area contributed by atoms with E-state index in [4.69, 9.17) is 0 Å². The van der Waals surface area contributed by atoms with Crippen LogP contribution in [0.15, 0.2) is 33.9 Å². The molecular weight excluding hydrogens is 669 g/mol. The number of piperidine rings is 1. The maximum Gasteiger partial charge on any atom is 0.315 e. The topological polar surface area (TPSA) is 174 Å². The van der Waals surface area contributed by atoms with Gasteiger partial charge in [0, 0.05) is 27.2 Å². The molecule has 4 rings (SSSR count). The van der Waals surface area contributed by atoms with Crippen molar-refractivity contribution in [1.29, 1.82) is 0 Å². The number of likely N-dealkylation sites (N-methyl/N-ethyl adjacent to an activating group) is 2. The van der Waals surface area contributed by atoms with Crippen molar-refractivity contribution in [2.75, 3.05) is 27.2 Å². The van der Waals surface area contributed by atoms with Gasteiger partial charge in [0.15, 0.2) is 0 Å². The normalized spacial score (nSPS) is 23.5. The molecule has 5 amide bonds. The number of carbonyl (C=O) groups excluding carboxylic acids is 5. The average Bonchev–Trinajstić information content (AvgIpc) is 3.53. The highest BCUT2D eigenvalue weighted by Crippen LogP contribution is 2.65. The summed E-state index contributed by atoms with van der Waals surface area (Å²) in [7, 11) is -0.976. The number of amides is 5. The Morgan fingerprint density at radius 2 is 1.76 bits per heavy atom. The summed E-state index contributed by atoms with van der Waals surface area (Å²) < 4.78 is 27.5. The smallest absolute Gasteiger partial charge is 0.315 e. The van der Waals surface area contributed by atoms with E-state index >= 15 is 0 Å². The number of carbonyl (C=O) groups is 5. The predicted molar refractivity (Wildman–Crippen MR) is 187 cm³/mol. The number of rotatable bonds is 15. The molecular formula is C34H52N6O7S2. The molecule has 4 N–H and O–H groups in total. The lowest BCUT2D eigenvalue weighted by Gasteiger charge is -2.37. The zero-order valence-electron chi connectivity index (χ0n) is 29.4. The molecule has 2 aliphatic carbocycles. The van der Waals surface area contributed by atoms with E-state index in [0.29, 0.717) is 18.5 Å². The summed E-state index contributed by atoms with van der Waals surface area (Å²) >= 11 is 1.10. The number of ketones is 1. The Morgan fingerprint density at radius 3 is 2.33 bits per heavy atom. The molecule has 15 heteroatoms. The third kappa shape index (κ3) is 8.37. The van der Waals surface area contributed by atoms with Crippen LogP contribution in [0.25, 0.3) is 0 Å². The first-order valence-electron chi connectivity index (χ1n) is 17.1. The van der Waals surface area contributed by atoms with Crippen LogP contribution >= 0.6 is 11.3 Å².